The first-order valence-electron chi connectivity index (χ1n) is 13.5. The lowest BCUT2D eigenvalue weighted by molar-refractivity contribution is -0.137. The second kappa shape index (κ2) is 15.2. The standard InChI is InChI=1S/C30H42N2O6/c1-23(2)20-24-21-37-26-13-7-6-12-25(26)30(34)31(18-19-35-3)16-10-5-11-17-32(24)29(33)22-38-28-15-9-8-14-27(28)36-4/h6-9,12-15,23-24H,5,10-11,16-22H2,1-4H3/t24-/m0/s1. The van der Waals surface area contributed by atoms with Crippen LogP contribution in [0.3, 0.4) is 0 Å². The highest BCUT2D eigenvalue weighted by atomic mass is 16.5. The first-order chi connectivity index (χ1) is 18.4. The third-order valence-corrected chi connectivity index (χ3v) is 6.65. The normalized spacial score (nSPS) is 17.1. The van der Waals surface area contributed by atoms with Gasteiger partial charge in [0, 0.05) is 26.7 Å². The van der Waals surface area contributed by atoms with Gasteiger partial charge in [0.25, 0.3) is 11.8 Å². The maximum Gasteiger partial charge on any atom is 0.260 e. The van der Waals surface area contributed by atoms with E-state index < -0.39 is 0 Å². The van der Waals surface area contributed by atoms with Gasteiger partial charge in [-0.25, -0.2) is 0 Å². The van der Waals surface area contributed by atoms with Crippen LogP contribution in [0.2, 0.25) is 0 Å². The minimum absolute atomic E-state index is 0.0598. The van der Waals surface area contributed by atoms with Gasteiger partial charge in [-0.05, 0) is 55.9 Å². The topological polar surface area (TPSA) is 77.5 Å². The summed E-state index contributed by atoms with van der Waals surface area (Å²) in [5, 5.41) is 0. The van der Waals surface area contributed by atoms with E-state index in [0.717, 1.165) is 25.7 Å². The van der Waals surface area contributed by atoms with E-state index in [1.807, 2.05) is 46.2 Å². The lowest BCUT2D eigenvalue weighted by atomic mass is 10.0. The molecule has 0 spiro atoms. The van der Waals surface area contributed by atoms with E-state index in [1.54, 1.807) is 26.4 Å². The molecule has 208 valence electrons. The van der Waals surface area contributed by atoms with E-state index in [9.17, 15) is 9.59 Å². The number of ether oxygens (including phenoxy) is 4. The SMILES string of the molecule is COCCN1CCCCCN(C(=O)COc2ccccc2OC)[C@@H](CC(C)C)COc2ccccc2C1=O. The molecule has 0 aromatic heterocycles. The Balaban J connectivity index is 1.83. The van der Waals surface area contributed by atoms with E-state index in [-0.39, 0.29) is 24.5 Å². The number of fused-ring (bicyclic) bond motifs is 1. The van der Waals surface area contributed by atoms with Crippen LogP contribution in [0, 0.1) is 5.92 Å². The molecular weight excluding hydrogens is 484 g/mol. The molecule has 0 unspecified atom stereocenters. The molecule has 0 saturated carbocycles. The van der Waals surface area contributed by atoms with Crippen LogP contribution in [0.25, 0.3) is 0 Å². The summed E-state index contributed by atoms with van der Waals surface area (Å²) in [6, 6.07) is 14.5. The maximum atomic E-state index is 13.5. The van der Waals surface area contributed by atoms with E-state index in [0.29, 0.717) is 61.6 Å². The van der Waals surface area contributed by atoms with Crippen LogP contribution >= 0.6 is 0 Å². The summed E-state index contributed by atoms with van der Waals surface area (Å²) in [5.74, 6) is 1.86. The van der Waals surface area contributed by atoms with Crippen LogP contribution in [0.15, 0.2) is 48.5 Å². The third kappa shape index (κ3) is 8.38. The molecule has 2 aromatic rings. The summed E-state index contributed by atoms with van der Waals surface area (Å²) in [6.07, 6.45) is 3.34. The van der Waals surface area contributed by atoms with Crippen LogP contribution in [0.4, 0.5) is 0 Å². The minimum Gasteiger partial charge on any atom is -0.493 e. The lowest BCUT2D eigenvalue weighted by Gasteiger charge is -2.33. The molecule has 2 amide bonds. The number of hydrogen-bond donors (Lipinski definition) is 0. The van der Waals surface area contributed by atoms with Gasteiger partial charge in [-0.2, -0.15) is 0 Å². The fourth-order valence-electron chi connectivity index (χ4n) is 4.70. The average molecular weight is 527 g/mol. The zero-order valence-corrected chi connectivity index (χ0v) is 23.2. The number of rotatable bonds is 9. The molecule has 1 aliphatic rings. The Morgan fingerprint density at radius 2 is 1.71 bits per heavy atom. The Bertz CT molecular complexity index is 1030. The predicted molar refractivity (Wildman–Crippen MR) is 147 cm³/mol. The second-order valence-corrected chi connectivity index (χ2v) is 9.96. The molecule has 1 aliphatic heterocycles. The van der Waals surface area contributed by atoms with Gasteiger partial charge in [-0.1, -0.05) is 38.1 Å². The number of amides is 2. The molecule has 0 bridgehead atoms. The summed E-state index contributed by atoms with van der Waals surface area (Å²) in [5.41, 5.74) is 0.531. The molecule has 3 rings (SSSR count). The van der Waals surface area contributed by atoms with Crippen molar-refractivity contribution >= 4 is 11.8 Å². The molecule has 2 aromatic carbocycles. The fraction of sp³-hybridized carbons (Fsp3) is 0.533. The number of para-hydroxylation sites is 3. The summed E-state index contributed by atoms with van der Waals surface area (Å²) < 4.78 is 22.8. The largest absolute Gasteiger partial charge is 0.493 e. The molecular formula is C30H42N2O6. The van der Waals surface area contributed by atoms with Gasteiger partial charge in [0.15, 0.2) is 18.1 Å². The second-order valence-electron chi connectivity index (χ2n) is 9.96. The van der Waals surface area contributed by atoms with Gasteiger partial charge in [-0.15, -0.1) is 0 Å². The van der Waals surface area contributed by atoms with Crippen molar-refractivity contribution in [2.75, 3.05) is 53.7 Å². The first kappa shape index (κ1) is 29.3. The summed E-state index contributed by atoms with van der Waals surface area (Å²) in [7, 11) is 3.22. The molecule has 0 radical (unpaired) electrons. The number of hydrogen-bond acceptors (Lipinski definition) is 6. The number of carbonyl (C=O) groups excluding carboxylic acids is 2. The van der Waals surface area contributed by atoms with E-state index >= 15 is 0 Å². The smallest absolute Gasteiger partial charge is 0.260 e. The number of carbonyl (C=O) groups is 2. The monoisotopic (exact) mass is 526 g/mol. The number of benzene rings is 2. The van der Waals surface area contributed by atoms with E-state index in [1.165, 1.54) is 0 Å². The molecule has 0 N–H and O–H groups in total. The highest BCUT2D eigenvalue weighted by molar-refractivity contribution is 5.97. The van der Waals surface area contributed by atoms with Crippen molar-refractivity contribution in [1.82, 2.24) is 9.80 Å². The Labute approximate surface area is 226 Å². The molecule has 1 atom stereocenters. The molecule has 38 heavy (non-hydrogen) atoms. The van der Waals surface area contributed by atoms with Crippen LogP contribution in [-0.2, 0) is 9.53 Å². The van der Waals surface area contributed by atoms with Gasteiger partial charge >= 0.3 is 0 Å². The van der Waals surface area contributed by atoms with Crippen molar-refractivity contribution in [2.45, 2.75) is 45.6 Å². The minimum atomic E-state index is -0.155. The highest BCUT2D eigenvalue weighted by Gasteiger charge is 2.27. The molecule has 8 heteroatoms. The quantitative estimate of drug-likeness (QED) is 0.473. The zero-order chi connectivity index (χ0) is 27.3. The molecule has 8 nitrogen and oxygen atoms in total. The Kier molecular flexibility index (Phi) is 11.7. The number of methoxy groups -OCH3 is 2. The summed E-state index contributed by atoms with van der Waals surface area (Å²) >= 11 is 0. The lowest BCUT2D eigenvalue weighted by Crippen LogP contribution is -2.47. The third-order valence-electron chi connectivity index (χ3n) is 6.65. The van der Waals surface area contributed by atoms with Gasteiger partial charge in [0.1, 0.15) is 12.4 Å². The zero-order valence-electron chi connectivity index (χ0n) is 23.2. The molecule has 1 heterocycles. The van der Waals surface area contributed by atoms with Crippen LogP contribution in [0.5, 0.6) is 17.2 Å². The maximum absolute atomic E-state index is 13.5. The molecule has 0 aliphatic carbocycles. The van der Waals surface area contributed by atoms with Crippen molar-refractivity contribution < 1.29 is 28.5 Å². The van der Waals surface area contributed by atoms with Gasteiger partial charge in [-0.3, -0.25) is 9.59 Å². The van der Waals surface area contributed by atoms with Crippen molar-refractivity contribution in [3.05, 3.63) is 54.1 Å². The fourth-order valence-corrected chi connectivity index (χ4v) is 4.70. The summed E-state index contributed by atoms with van der Waals surface area (Å²) in [4.78, 5) is 30.7. The van der Waals surface area contributed by atoms with Crippen molar-refractivity contribution in [3.8, 4) is 17.2 Å². The van der Waals surface area contributed by atoms with E-state index in [2.05, 4.69) is 13.8 Å². The van der Waals surface area contributed by atoms with Crippen molar-refractivity contribution in [1.29, 1.82) is 0 Å². The Hall–Kier alpha value is -3.26. The summed E-state index contributed by atoms with van der Waals surface area (Å²) in [6.45, 7) is 6.69. The Morgan fingerprint density at radius 3 is 2.45 bits per heavy atom. The van der Waals surface area contributed by atoms with Crippen LogP contribution in [0.1, 0.15) is 49.9 Å². The molecule has 0 saturated heterocycles. The predicted octanol–water partition coefficient (Wildman–Crippen LogP) is 4.67. The van der Waals surface area contributed by atoms with E-state index in [4.69, 9.17) is 18.9 Å². The van der Waals surface area contributed by atoms with Gasteiger partial charge < -0.3 is 28.7 Å². The molecule has 0 fully saturated rings. The highest BCUT2D eigenvalue weighted by Crippen LogP contribution is 2.27. The van der Waals surface area contributed by atoms with Crippen molar-refractivity contribution in [2.24, 2.45) is 5.92 Å². The van der Waals surface area contributed by atoms with Gasteiger partial charge in [0.2, 0.25) is 0 Å². The average Bonchev–Trinajstić information content (AvgIpc) is 2.93. The van der Waals surface area contributed by atoms with Crippen LogP contribution < -0.4 is 14.2 Å². The Morgan fingerprint density at radius 1 is 1.00 bits per heavy atom. The van der Waals surface area contributed by atoms with Crippen LogP contribution in [-0.4, -0.2) is 81.3 Å². The van der Waals surface area contributed by atoms with Gasteiger partial charge in [0.05, 0.1) is 25.3 Å². The van der Waals surface area contributed by atoms with Crippen molar-refractivity contribution in [3.63, 3.8) is 0 Å². The number of nitrogens with zero attached hydrogens (tertiary/aromatic N) is 2. The first-order valence-corrected chi connectivity index (χ1v) is 13.5.